The molecule has 1 aliphatic rings. The van der Waals surface area contributed by atoms with Gasteiger partial charge in [-0.15, -0.1) is 0 Å². The Bertz CT molecular complexity index is 688. The van der Waals surface area contributed by atoms with Gasteiger partial charge in [-0.3, -0.25) is 4.79 Å². The van der Waals surface area contributed by atoms with Gasteiger partial charge in [-0.2, -0.15) is 0 Å². The Kier molecular flexibility index (Phi) is 3.56. The van der Waals surface area contributed by atoms with Crippen molar-refractivity contribution in [2.24, 2.45) is 5.92 Å². The van der Waals surface area contributed by atoms with E-state index >= 15 is 0 Å². The third-order valence-corrected chi connectivity index (χ3v) is 3.44. The van der Waals surface area contributed by atoms with E-state index in [9.17, 15) is 13.6 Å². The molecular weight excluding hydrogens is 276 g/mol. The maximum atomic E-state index is 13.5. The van der Waals surface area contributed by atoms with Crippen LogP contribution in [-0.2, 0) is 11.2 Å². The molecule has 1 unspecified atom stereocenters. The summed E-state index contributed by atoms with van der Waals surface area (Å²) in [5.74, 6) is -1.44. The molecule has 21 heavy (non-hydrogen) atoms. The highest BCUT2D eigenvalue weighted by Crippen LogP contribution is 2.27. The number of nitrogens with one attached hydrogen (secondary N) is 1. The van der Waals surface area contributed by atoms with Gasteiger partial charge in [-0.25, -0.2) is 8.78 Å². The first-order valence-electron chi connectivity index (χ1n) is 6.60. The van der Waals surface area contributed by atoms with E-state index in [0.717, 1.165) is 23.4 Å². The smallest absolute Gasteiger partial charge is 0.231 e. The summed E-state index contributed by atoms with van der Waals surface area (Å²) in [7, 11) is 0. The van der Waals surface area contributed by atoms with Gasteiger partial charge in [0.05, 0.1) is 11.6 Å². The SMILES string of the molecule is O=C(Nc1ccc(F)cc1F)C1COc2ccccc2C1. The van der Waals surface area contributed by atoms with Crippen LogP contribution in [0.4, 0.5) is 14.5 Å². The number of amides is 1. The molecule has 0 aliphatic carbocycles. The van der Waals surface area contributed by atoms with Crippen molar-refractivity contribution in [3.63, 3.8) is 0 Å². The van der Waals surface area contributed by atoms with E-state index in [0.29, 0.717) is 6.42 Å². The third-order valence-electron chi connectivity index (χ3n) is 3.44. The van der Waals surface area contributed by atoms with Gasteiger partial charge < -0.3 is 10.1 Å². The Balaban J connectivity index is 1.72. The number of carbonyl (C=O) groups excluding carboxylic acids is 1. The molecule has 1 N–H and O–H groups in total. The number of carbonyl (C=O) groups is 1. The topological polar surface area (TPSA) is 38.3 Å². The predicted octanol–water partition coefficient (Wildman–Crippen LogP) is 3.15. The molecule has 0 aromatic heterocycles. The van der Waals surface area contributed by atoms with Crippen LogP contribution >= 0.6 is 0 Å². The third kappa shape index (κ3) is 2.86. The number of halogens is 2. The summed E-state index contributed by atoms with van der Waals surface area (Å²) in [4.78, 5) is 12.2. The van der Waals surface area contributed by atoms with Crippen molar-refractivity contribution in [2.45, 2.75) is 6.42 Å². The fourth-order valence-corrected chi connectivity index (χ4v) is 2.32. The van der Waals surface area contributed by atoms with Gasteiger partial charge in [-0.05, 0) is 30.2 Å². The lowest BCUT2D eigenvalue weighted by Gasteiger charge is -2.24. The maximum absolute atomic E-state index is 13.5. The van der Waals surface area contributed by atoms with Crippen molar-refractivity contribution in [1.29, 1.82) is 0 Å². The van der Waals surface area contributed by atoms with Crippen LogP contribution in [0, 0.1) is 17.6 Å². The second kappa shape index (κ2) is 5.52. The highest BCUT2D eigenvalue weighted by molar-refractivity contribution is 5.93. The summed E-state index contributed by atoms with van der Waals surface area (Å²) < 4.78 is 31.9. The number of benzene rings is 2. The molecule has 3 rings (SSSR count). The fraction of sp³-hybridized carbons (Fsp3) is 0.188. The van der Waals surface area contributed by atoms with Crippen LogP contribution < -0.4 is 10.1 Å². The largest absolute Gasteiger partial charge is 0.492 e. The first kappa shape index (κ1) is 13.5. The van der Waals surface area contributed by atoms with E-state index in [4.69, 9.17) is 4.74 Å². The van der Waals surface area contributed by atoms with Crippen LogP contribution in [0.3, 0.4) is 0 Å². The lowest BCUT2D eigenvalue weighted by Crippen LogP contribution is -2.32. The summed E-state index contributed by atoms with van der Waals surface area (Å²) in [5.41, 5.74) is 0.920. The van der Waals surface area contributed by atoms with Gasteiger partial charge >= 0.3 is 0 Å². The van der Waals surface area contributed by atoms with Crippen molar-refractivity contribution in [2.75, 3.05) is 11.9 Å². The number of ether oxygens (including phenoxy) is 1. The van der Waals surface area contributed by atoms with Crippen molar-refractivity contribution in [3.05, 3.63) is 59.7 Å². The quantitative estimate of drug-likeness (QED) is 0.922. The van der Waals surface area contributed by atoms with Gasteiger partial charge in [0.15, 0.2) is 0 Å². The number of hydrogen-bond acceptors (Lipinski definition) is 2. The number of anilines is 1. The molecule has 3 nitrogen and oxygen atoms in total. The zero-order valence-electron chi connectivity index (χ0n) is 11.1. The Morgan fingerprint density at radius 1 is 1.19 bits per heavy atom. The van der Waals surface area contributed by atoms with Crippen molar-refractivity contribution >= 4 is 11.6 Å². The van der Waals surface area contributed by atoms with Gasteiger partial charge in [0, 0.05) is 6.07 Å². The molecule has 1 atom stereocenters. The van der Waals surface area contributed by atoms with Crippen molar-refractivity contribution in [3.8, 4) is 5.75 Å². The number of para-hydroxylation sites is 1. The van der Waals surface area contributed by atoms with E-state index in [1.807, 2.05) is 24.3 Å². The molecule has 1 amide bonds. The Hall–Kier alpha value is -2.43. The monoisotopic (exact) mass is 289 g/mol. The van der Waals surface area contributed by atoms with Gasteiger partial charge in [-0.1, -0.05) is 18.2 Å². The zero-order valence-corrected chi connectivity index (χ0v) is 11.1. The molecule has 0 radical (unpaired) electrons. The summed E-state index contributed by atoms with van der Waals surface area (Å²) in [6, 6.07) is 10.5. The minimum atomic E-state index is -0.791. The lowest BCUT2D eigenvalue weighted by molar-refractivity contribution is -0.121. The minimum absolute atomic E-state index is 0.0275. The number of hydrogen-bond donors (Lipinski definition) is 1. The molecule has 1 aliphatic heterocycles. The van der Waals surface area contributed by atoms with Crippen LogP contribution in [0.15, 0.2) is 42.5 Å². The molecule has 0 saturated carbocycles. The van der Waals surface area contributed by atoms with E-state index in [-0.39, 0.29) is 18.2 Å². The highest BCUT2D eigenvalue weighted by Gasteiger charge is 2.26. The highest BCUT2D eigenvalue weighted by atomic mass is 19.1. The fourth-order valence-electron chi connectivity index (χ4n) is 2.32. The summed E-state index contributed by atoms with van der Waals surface area (Å²) in [6.45, 7) is 0.242. The van der Waals surface area contributed by atoms with E-state index in [1.54, 1.807) is 0 Å². The standard InChI is InChI=1S/C16H13F2NO2/c17-12-5-6-14(13(18)8-12)19-16(20)11-7-10-3-1-2-4-15(10)21-9-11/h1-6,8,11H,7,9H2,(H,19,20). The molecular formula is C16H13F2NO2. The van der Waals surface area contributed by atoms with Crippen LogP contribution in [-0.4, -0.2) is 12.5 Å². The molecule has 0 spiro atoms. The van der Waals surface area contributed by atoms with Crippen LogP contribution in [0.2, 0.25) is 0 Å². The van der Waals surface area contributed by atoms with Gasteiger partial charge in [0.1, 0.15) is 24.0 Å². The average Bonchev–Trinajstić information content (AvgIpc) is 2.49. The second-order valence-electron chi connectivity index (χ2n) is 4.93. The predicted molar refractivity (Wildman–Crippen MR) is 74.1 cm³/mol. The van der Waals surface area contributed by atoms with Crippen molar-refractivity contribution < 1.29 is 18.3 Å². The molecule has 2 aromatic carbocycles. The number of rotatable bonds is 2. The van der Waals surface area contributed by atoms with E-state index in [2.05, 4.69) is 5.32 Å². The molecule has 0 fully saturated rings. The lowest BCUT2D eigenvalue weighted by atomic mass is 9.96. The zero-order chi connectivity index (χ0) is 14.8. The second-order valence-corrected chi connectivity index (χ2v) is 4.93. The Labute approximate surface area is 120 Å². The average molecular weight is 289 g/mol. The maximum Gasteiger partial charge on any atom is 0.231 e. The van der Waals surface area contributed by atoms with Crippen molar-refractivity contribution in [1.82, 2.24) is 0 Å². The minimum Gasteiger partial charge on any atom is -0.492 e. The summed E-state index contributed by atoms with van der Waals surface area (Å²) >= 11 is 0. The van der Waals surface area contributed by atoms with Gasteiger partial charge in [0.2, 0.25) is 5.91 Å². The molecule has 0 bridgehead atoms. The molecule has 108 valence electrons. The Morgan fingerprint density at radius 2 is 2.00 bits per heavy atom. The van der Waals surface area contributed by atoms with Gasteiger partial charge in [0.25, 0.3) is 0 Å². The van der Waals surface area contributed by atoms with Crippen LogP contribution in [0.25, 0.3) is 0 Å². The molecule has 0 saturated heterocycles. The van der Waals surface area contributed by atoms with E-state index in [1.165, 1.54) is 6.07 Å². The number of fused-ring (bicyclic) bond motifs is 1. The molecule has 2 aromatic rings. The summed E-state index contributed by atoms with van der Waals surface area (Å²) in [5, 5.41) is 2.48. The first-order chi connectivity index (χ1) is 10.1. The normalized spacial score (nSPS) is 16.8. The Morgan fingerprint density at radius 3 is 2.81 bits per heavy atom. The summed E-state index contributed by atoms with van der Waals surface area (Å²) in [6.07, 6.45) is 0.533. The van der Waals surface area contributed by atoms with Crippen LogP contribution in [0.1, 0.15) is 5.56 Å². The van der Waals surface area contributed by atoms with E-state index < -0.39 is 17.6 Å². The van der Waals surface area contributed by atoms with Crippen LogP contribution in [0.5, 0.6) is 5.75 Å². The molecule has 1 heterocycles. The first-order valence-corrected chi connectivity index (χ1v) is 6.60. The molecule has 5 heteroatoms.